The van der Waals surface area contributed by atoms with Crippen LogP contribution in [0.15, 0.2) is 97.2 Å². The highest BCUT2D eigenvalue weighted by molar-refractivity contribution is 5.76. The van der Waals surface area contributed by atoms with Crippen molar-refractivity contribution in [1.82, 2.24) is 5.32 Å². The van der Waals surface area contributed by atoms with Crippen molar-refractivity contribution < 1.29 is 64.6 Å². The Bertz CT molecular complexity index is 1780. The largest absolute Gasteiger partial charge is 0.394 e. The number of allylic oxidation sites excluding steroid dienone is 15. The quantitative estimate of drug-likeness (QED) is 0.0204. The van der Waals surface area contributed by atoms with E-state index in [9.17, 15) is 45.6 Å². The minimum absolute atomic E-state index is 0.196. The smallest absolute Gasteiger partial charge is 0.220 e. The first kappa shape index (κ1) is 77.0. The second kappa shape index (κ2) is 54.1. The van der Waals surface area contributed by atoms with Gasteiger partial charge in [-0.25, -0.2) is 0 Å². The number of amides is 1. The van der Waals surface area contributed by atoms with Crippen molar-refractivity contribution in [2.75, 3.05) is 19.8 Å². The Morgan fingerprint density at radius 2 is 0.821 bits per heavy atom. The zero-order valence-corrected chi connectivity index (χ0v) is 52.4. The Morgan fingerprint density at radius 3 is 1.25 bits per heavy atom. The molecule has 14 nitrogen and oxygen atoms in total. The van der Waals surface area contributed by atoms with Gasteiger partial charge in [0.05, 0.1) is 32.0 Å². The van der Waals surface area contributed by atoms with Crippen LogP contribution in [0.5, 0.6) is 0 Å². The molecule has 0 aromatic carbocycles. The van der Waals surface area contributed by atoms with Crippen LogP contribution in [0.1, 0.15) is 245 Å². The van der Waals surface area contributed by atoms with E-state index in [-0.39, 0.29) is 18.9 Å². The molecule has 2 saturated heterocycles. The predicted octanol–water partition coefficient (Wildman–Crippen LogP) is 13.0. The highest BCUT2D eigenvalue weighted by Crippen LogP contribution is 2.30. The van der Waals surface area contributed by atoms with Crippen molar-refractivity contribution in [3.05, 3.63) is 97.2 Å². The standard InChI is InChI=1S/C70H121NO13/c1-3-5-7-9-11-13-15-17-19-21-23-25-27-28-29-30-32-33-35-37-39-41-43-45-47-49-51-53-59(74)58(57-81-69-67(80)65(78)68(61(56-73)83-69)84-70-66(79)64(77)63(76)60(55-72)82-70)71-62(75)54-52-50-48-46-44-42-40-38-36-34-31-26-24-22-20-18-16-14-12-10-8-6-4-2/h6,8,12,14,18,20,24,26,34,36,40,42,46,48,51,53,58-61,63-70,72-74,76-80H,3-5,7,9-11,13,15-17,19,21-23,25,27-33,35,37-39,41,43-45,47,49-50,52,54-57H2,1-2H3,(H,71,75)/b8-6-,14-12-,20-18-,26-24-,36-34-,42-40-,48-46-,53-51+. The van der Waals surface area contributed by atoms with Gasteiger partial charge in [-0.2, -0.15) is 0 Å². The van der Waals surface area contributed by atoms with Gasteiger partial charge in [0.2, 0.25) is 5.91 Å². The third kappa shape index (κ3) is 38.2. The molecule has 2 rings (SSSR count). The fraction of sp³-hybridized carbons (Fsp3) is 0.757. The van der Waals surface area contributed by atoms with Crippen LogP contribution < -0.4 is 5.32 Å². The summed E-state index contributed by atoms with van der Waals surface area (Å²) in [6, 6.07) is -0.954. The molecule has 484 valence electrons. The van der Waals surface area contributed by atoms with E-state index in [1.165, 1.54) is 148 Å². The topological polar surface area (TPSA) is 228 Å². The third-order valence-corrected chi connectivity index (χ3v) is 15.8. The van der Waals surface area contributed by atoms with Gasteiger partial charge in [0, 0.05) is 6.42 Å². The van der Waals surface area contributed by atoms with Gasteiger partial charge < -0.3 is 65.1 Å². The molecular weight excluding hydrogens is 1060 g/mol. The molecule has 2 aliphatic rings. The van der Waals surface area contributed by atoms with Gasteiger partial charge in [-0.3, -0.25) is 4.79 Å². The minimum Gasteiger partial charge on any atom is -0.394 e. The molecule has 0 saturated carbocycles. The fourth-order valence-corrected chi connectivity index (χ4v) is 10.5. The first-order valence-corrected chi connectivity index (χ1v) is 33.5. The Morgan fingerprint density at radius 1 is 0.440 bits per heavy atom. The normalized spacial score (nSPS) is 24.3. The summed E-state index contributed by atoms with van der Waals surface area (Å²) in [7, 11) is 0. The number of unbranched alkanes of at least 4 members (excludes halogenated alkanes) is 26. The highest BCUT2D eigenvalue weighted by Gasteiger charge is 2.51. The van der Waals surface area contributed by atoms with Gasteiger partial charge >= 0.3 is 0 Å². The van der Waals surface area contributed by atoms with Crippen molar-refractivity contribution in [3.8, 4) is 0 Å². The number of carbonyl (C=O) groups is 1. The van der Waals surface area contributed by atoms with Gasteiger partial charge in [-0.05, 0) is 70.6 Å². The molecule has 1 amide bonds. The molecule has 9 N–H and O–H groups in total. The average molecular weight is 1180 g/mol. The van der Waals surface area contributed by atoms with Gasteiger partial charge in [0.15, 0.2) is 12.6 Å². The SMILES string of the molecule is CC/C=C\C/C=C\C/C=C\C/C=C\C/C=C\C/C=C\C/C=C\CCCC(=O)NC(COC1OC(CO)C(OC2OC(CO)C(O)C(O)C2O)C(O)C1O)C(O)/C=C/CCCCCCCCCCCCCCCCCCCCCCCCCCC. The van der Waals surface area contributed by atoms with Crippen molar-refractivity contribution >= 4 is 5.91 Å². The van der Waals surface area contributed by atoms with E-state index in [0.717, 1.165) is 64.2 Å². The van der Waals surface area contributed by atoms with E-state index in [1.807, 2.05) is 6.08 Å². The number of aliphatic hydroxyl groups is 8. The molecule has 2 heterocycles. The molecule has 12 unspecified atom stereocenters. The van der Waals surface area contributed by atoms with Crippen LogP contribution in [-0.2, 0) is 23.7 Å². The van der Waals surface area contributed by atoms with Crippen LogP contribution in [0, 0.1) is 0 Å². The second-order valence-electron chi connectivity index (χ2n) is 23.2. The molecule has 0 radical (unpaired) electrons. The minimum atomic E-state index is -1.80. The molecule has 14 heteroatoms. The molecule has 84 heavy (non-hydrogen) atoms. The summed E-state index contributed by atoms with van der Waals surface area (Å²) in [6.07, 6.45) is 58.9. The van der Waals surface area contributed by atoms with E-state index in [2.05, 4.69) is 104 Å². The van der Waals surface area contributed by atoms with Gasteiger partial charge in [0.1, 0.15) is 48.8 Å². The lowest BCUT2D eigenvalue weighted by Gasteiger charge is -2.46. The van der Waals surface area contributed by atoms with Crippen LogP contribution >= 0.6 is 0 Å². The van der Waals surface area contributed by atoms with Crippen molar-refractivity contribution in [3.63, 3.8) is 0 Å². The molecular formula is C70H121NO13. The van der Waals surface area contributed by atoms with Crippen molar-refractivity contribution in [2.24, 2.45) is 0 Å². The van der Waals surface area contributed by atoms with Crippen LogP contribution in [-0.4, -0.2) is 140 Å². The first-order valence-electron chi connectivity index (χ1n) is 33.5. The van der Waals surface area contributed by atoms with E-state index >= 15 is 0 Å². The average Bonchev–Trinajstić information content (AvgIpc) is 3.18. The lowest BCUT2D eigenvalue weighted by Crippen LogP contribution is -2.65. The van der Waals surface area contributed by atoms with Crippen LogP contribution in [0.2, 0.25) is 0 Å². The Hall–Kier alpha value is -3.09. The summed E-state index contributed by atoms with van der Waals surface area (Å²) in [4.78, 5) is 13.3. The maximum Gasteiger partial charge on any atom is 0.220 e. The Kier molecular flexibility index (Phi) is 49.6. The number of nitrogens with one attached hydrogen (secondary N) is 1. The molecule has 0 bridgehead atoms. The van der Waals surface area contributed by atoms with E-state index in [1.54, 1.807) is 6.08 Å². The number of ether oxygens (including phenoxy) is 4. The number of hydrogen-bond acceptors (Lipinski definition) is 13. The van der Waals surface area contributed by atoms with Gasteiger partial charge in [0.25, 0.3) is 0 Å². The fourth-order valence-electron chi connectivity index (χ4n) is 10.5. The highest BCUT2D eigenvalue weighted by atomic mass is 16.7. The van der Waals surface area contributed by atoms with E-state index < -0.39 is 86.8 Å². The summed E-state index contributed by atoms with van der Waals surface area (Å²) in [5.41, 5.74) is 0. The molecule has 0 spiro atoms. The lowest BCUT2D eigenvalue weighted by atomic mass is 9.97. The Balaban J connectivity index is 1.75. The maximum absolute atomic E-state index is 13.3. The maximum atomic E-state index is 13.3. The second-order valence-corrected chi connectivity index (χ2v) is 23.2. The van der Waals surface area contributed by atoms with E-state index in [0.29, 0.717) is 12.8 Å². The zero-order chi connectivity index (χ0) is 60.9. The van der Waals surface area contributed by atoms with Gasteiger partial charge in [-0.1, -0.05) is 265 Å². The number of hydrogen-bond donors (Lipinski definition) is 9. The van der Waals surface area contributed by atoms with Crippen LogP contribution in [0.4, 0.5) is 0 Å². The molecule has 2 fully saturated rings. The molecule has 0 aromatic rings. The Labute approximate surface area is 509 Å². The number of aliphatic hydroxyl groups excluding tert-OH is 8. The van der Waals surface area contributed by atoms with Gasteiger partial charge in [-0.15, -0.1) is 0 Å². The number of carbonyl (C=O) groups excluding carboxylic acids is 1. The molecule has 2 aliphatic heterocycles. The molecule has 0 aliphatic carbocycles. The first-order chi connectivity index (χ1) is 41.1. The molecule has 12 atom stereocenters. The summed E-state index contributed by atoms with van der Waals surface area (Å²) >= 11 is 0. The van der Waals surface area contributed by atoms with Crippen LogP contribution in [0.3, 0.4) is 0 Å². The summed E-state index contributed by atoms with van der Waals surface area (Å²) in [5, 5.41) is 87.3. The zero-order valence-electron chi connectivity index (χ0n) is 52.4. The summed E-state index contributed by atoms with van der Waals surface area (Å²) < 4.78 is 22.8. The van der Waals surface area contributed by atoms with Crippen molar-refractivity contribution in [1.29, 1.82) is 0 Å². The summed E-state index contributed by atoms with van der Waals surface area (Å²) in [5.74, 6) is -0.298. The lowest BCUT2D eigenvalue weighted by molar-refractivity contribution is -0.359. The van der Waals surface area contributed by atoms with Crippen molar-refractivity contribution in [2.45, 2.75) is 319 Å². The van der Waals surface area contributed by atoms with Crippen LogP contribution in [0.25, 0.3) is 0 Å². The predicted molar refractivity (Wildman–Crippen MR) is 341 cm³/mol. The third-order valence-electron chi connectivity index (χ3n) is 15.8. The summed E-state index contributed by atoms with van der Waals surface area (Å²) in [6.45, 7) is 2.66. The number of rotatable bonds is 53. The molecule has 0 aromatic heterocycles. The monoisotopic (exact) mass is 1180 g/mol. The van der Waals surface area contributed by atoms with E-state index in [4.69, 9.17) is 18.9 Å².